The summed E-state index contributed by atoms with van der Waals surface area (Å²) in [6.45, 7) is 1.57. The summed E-state index contributed by atoms with van der Waals surface area (Å²) in [5.74, 6) is -2.05. The maximum absolute atomic E-state index is 13.0. The van der Waals surface area contributed by atoms with Gasteiger partial charge in [-0.3, -0.25) is 19.7 Å². The van der Waals surface area contributed by atoms with Crippen molar-refractivity contribution >= 4 is 57.1 Å². The van der Waals surface area contributed by atoms with Crippen molar-refractivity contribution in [3.63, 3.8) is 0 Å². The van der Waals surface area contributed by atoms with Crippen LogP contribution < -0.4 is 20.3 Å². The van der Waals surface area contributed by atoms with Gasteiger partial charge in [0.2, 0.25) is 0 Å². The molecule has 3 aromatic rings. The number of ether oxygens (including phenoxy) is 1. The van der Waals surface area contributed by atoms with Gasteiger partial charge in [0.1, 0.15) is 17.1 Å². The first-order valence-corrected chi connectivity index (χ1v) is 11.5. The molecule has 10 heteroatoms. The number of carbonyl (C=O) groups excluding carboxylic acids is 4. The van der Waals surface area contributed by atoms with E-state index >= 15 is 0 Å². The summed E-state index contributed by atoms with van der Waals surface area (Å²) in [5.41, 5.74) is 2.00. The van der Waals surface area contributed by atoms with Crippen molar-refractivity contribution in [2.45, 2.75) is 6.92 Å². The van der Waals surface area contributed by atoms with Crippen molar-refractivity contribution in [1.29, 1.82) is 0 Å². The van der Waals surface area contributed by atoms with Crippen LogP contribution in [0, 0.1) is 12.7 Å². The second-order valence-corrected chi connectivity index (χ2v) is 8.68. The highest BCUT2D eigenvalue weighted by Gasteiger charge is 2.36. The number of nitrogens with zero attached hydrogens (tertiary/aromatic N) is 1. The van der Waals surface area contributed by atoms with Gasteiger partial charge in [-0.15, -0.1) is 0 Å². The minimum absolute atomic E-state index is 0.214. The number of carbonyl (C=O) groups is 4. The predicted molar refractivity (Wildman–Crippen MR) is 135 cm³/mol. The third-order valence-corrected chi connectivity index (χ3v) is 5.77. The molecule has 0 radical (unpaired) electrons. The van der Waals surface area contributed by atoms with Crippen LogP contribution in [0.3, 0.4) is 0 Å². The minimum atomic E-state index is -0.824. The molecule has 1 aliphatic rings. The molecule has 0 bridgehead atoms. The molecule has 5 amide bonds. The number of aryl methyl sites for hydroxylation is 1. The summed E-state index contributed by atoms with van der Waals surface area (Å²) in [4.78, 5) is 50.7. The third kappa shape index (κ3) is 5.66. The van der Waals surface area contributed by atoms with E-state index in [4.69, 9.17) is 4.74 Å². The topological polar surface area (TPSA) is 105 Å². The number of hydrogen-bond acceptors (Lipinski definition) is 5. The van der Waals surface area contributed by atoms with Crippen LogP contribution in [0.4, 0.5) is 20.6 Å². The lowest BCUT2D eigenvalue weighted by molar-refractivity contribution is -0.122. The van der Waals surface area contributed by atoms with Crippen LogP contribution >= 0.6 is 15.9 Å². The van der Waals surface area contributed by atoms with E-state index in [9.17, 15) is 23.6 Å². The molecule has 1 aliphatic heterocycles. The molecule has 2 N–H and O–H groups in total. The highest BCUT2D eigenvalue weighted by atomic mass is 79.9. The molecule has 182 valence electrons. The molecule has 4 rings (SSSR count). The van der Waals surface area contributed by atoms with E-state index in [1.54, 1.807) is 42.5 Å². The molecule has 0 saturated carbocycles. The predicted octanol–water partition coefficient (Wildman–Crippen LogP) is 4.58. The average molecular weight is 552 g/mol. The number of imide groups is 2. The van der Waals surface area contributed by atoms with Crippen molar-refractivity contribution < 1.29 is 28.3 Å². The third-order valence-electron chi connectivity index (χ3n) is 5.15. The fourth-order valence-corrected chi connectivity index (χ4v) is 3.86. The largest absolute Gasteiger partial charge is 0.483 e. The van der Waals surface area contributed by atoms with Gasteiger partial charge < -0.3 is 10.1 Å². The highest BCUT2D eigenvalue weighted by Crippen LogP contribution is 2.28. The van der Waals surface area contributed by atoms with Gasteiger partial charge in [-0.2, -0.15) is 0 Å². The molecule has 1 fully saturated rings. The molecule has 0 unspecified atom stereocenters. The van der Waals surface area contributed by atoms with Crippen LogP contribution in [0.2, 0.25) is 0 Å². The number of halogens is 2. The summed E-state index contributed by atoms with van der Waals surface area (Å²) in [6.07, 6.45) is 1.36. The van der Waals surface area contributed by atoms with Crippen LogP contribution in [0.15, 0.2) is 76.8 Å². The van der Waals surface area contributed by atoms with Crippen molar-refractivity contribution in [2.75, 3.05) is 16.8 Å². The first-order valence-electron chi connectivity index (χ1n) is 10.7. The Hall–Kier alpha value is -4.31. The molecular weight excluding hydrogens is 533 g/mol. The summed E-state index contributed by atoms with van der Waals surface area (Å²) in [5, 5.41) is 4.77. The fraction of sp³-hybridized carbons (Fsp3) is 0.0769. The molecule has 36 heavy (non-hydrogen) atoms. The number of urea groups is 1. The summed E-state index contributed by atoms with van der Waals surface area (Å²) in [6, 6.07) is 16.0. The number of nitrogens with one attached hydrogen (secondary N) is 2. The number of rotatable bonds is 6. The van der Waals surface area contributed by atoms with Crippen LogP contribution in [0.1, 0.15) is 11.1 Å². The molecule has 0 atom stereocenters. The van der Waals surface area contributed by atoms with Gasteiger partial charge in [0.05, 0.1) is 10.2 Å². The Balaban J connectivity index is 1.47. The maximum atomic E-state index is 13.0. The SMILES string of the molecule is Cc1ccc(N2C(=O)NC(=O)/C(=C\c3ccc(OCC(=O)Nc4ccc(F)cc4)c(Br)c3)C2=O)cc1. The first kappa shape index (κ1) is 24.8. The van der Waals surface area contributed by atoms with Crippen LogP contribution in [0.25, 0.3) is 6.08 Å². The zero-order valence-corrected chi connectivity index (χ0v) is 20.5. The highest BCUT2D eigenvalue weighted by molar-refractivity contribution is 9.10. The van der Waals surface area contributed by atoms with Crippen molar-refractivity contribution in [3.05, 3.63) is 93.7 Å². The van der Waals surface area contributed by atoms with E-state index in [1.807, 2.05) is 6.92 Å². The normalized spacial score (nSPS) is 14.6. The van der Waals surface area contributed by atoms with Crippen LogP contribution in [-0.4, -0.2) is 30.4 Å². The van der Waals surface area contributed by atoms with E-state index in [2.05, 4.69) is 26.6 Å². The average Bonchev–Trinajstić information content (AvgIpc) is 2.84. The first-order chi connectivity index (χ1) is 17.2. The number of amides is 5. The quantitative estimate of drug-likeness (QED) is 0.344. The Morgan fingerprint density at radius 1 is 1.06 bits per heavy atom. The lowest BCUT2D eigenvalue weighted by atomic mass is 10.1. The molecule has 0 aromatic heterocycles. The Labute approximate surface area is 213 Å². The molecule has 8 nitrogen and oxygen atoms in total. The molecule has 0 spiro atoms. The van der Waals surface area contributed by atoms with Crippen molar-refractivity contribution in [3.8, 4) is 5.75 Å². The zero-order chi connectivity index (χ0) is 25.8. The van der Waals surface area contributed by atoms with E-state index in [-0.39, 0.29) is 12.2 Å². The number of benzene rings is 3. The van der Waals surface area contributed by atoms with Crippen molar-refractivity contribution in [1.82, 2.24) is 5.32 Å². The minimum Gasteiger partial charge on any atom is -0.483 e. The molecule has 0 aliphatic carbocycles. The van der Waals surface area contributed by atoms with Crippen LogP contribution in [0.5, 0.6) is 5.75 Å². The lowest BCUT2D eigenvalue weighted by Crippen LogP contribution is -2.54. The number of hydrogen-bond donors (Lipinski definition) is 2. The molecular formula is C26H19BrFN3O5. The van der Waals surface area contributed by atoms with E-state index in [0.717, 1.165) is 10.5 Å². The second kappa shape index (κ2) is 10.5. The second-order valence-electron chi connectivity index (χ2n) is 7.83. The summed E-state index contributed by atoms with van der Waals surface area (Å²) in [7, 11) is 0. The van der Waals surface area contributed by atoms with Crippen LogP contribution in [-0.2, 0) is 14.4 Å². The Bertz CT molecular complexity index is 1390. The van der Waals surface area contributed by atoms with Gasteiger partial charge in [0.25, 0.3) is 17.7 Å². The zero-order valence-electron chi connectivity index (χ0n) is 18.9. The number of barbiturate groups is 1. The molecule has 1 saturated heterocycles. The van der Waals surface area contributed by atoms with Gasteiger partial charge in [-0.1, -0.05) is 23.8 Å². The monoisotopic (exact) mass is 551 g/mol. The smallest absolute Gasteiger partial charge is 0.335 e. The number of anilines is 2. The van der Waals surface area contributed by atoms with E-state index in [1.165, 1.54) is 30.3 Å². The summed E-state index contributed by atoms with van der Waals surface area (Å²) < 4.78 is 19.0. The fourth-order valence-electron chi connectivity index (χ4n) is 3.35. The van der Waals surface area contributed by atoms with Gasteiger partial charge in [0, 0.05) is 5.69 Å². The summed E-state index contributed by atoms with van der Waals surface area (Å²) >= 11 is 3.35. The molecule has 3 aromatic carbocycles. The van der Waals surface area contributed by atoms with E-state index < -0.39 is 29.6 Å². The molecule has 1 heterocycles. The van der Waals surface area contributed by atoms with Crippen molar-refractivity contribution in [2.24, 2.45) is 0 Å². The van der Waals surface area contributed by atoms with Gasteiger partial charge in [0.15, 0.2) is 6.61 Å². The standard InChI is InChI=1S/C26H19BrFN3O5/c1-15-2-9-19(10-3-15)31-25(34)20(24(33)30-26(31)35)12-16-4-11-22(21(27)13-16)36-14-23(32)29-18-7-5-17(28)6-8-18/h2-13H,14H2,1H3,(H,29,32)(H,30,33,35)/b20-12+. The Kier molecular flexibility index (Phi) is 7.25. The van der Waals surface area contributed by atoms with Gasteiger partial charge >= 0.3 is 6.03 Å². The lowest BCUT2D eigenvalue weighted by Gasteiger charge is -2.26. The van der Waals surface area contributed by atoms with Gasteiger partial charge in [-0.05, 0) is 83.0 Å². The Morgan fingerprint density at radius 3 is 2.42 bits per heavy atom. The maximum Gasteiger partial charge on any atom is 0.335 e. The van der Waals surface area contributed by atoms with E-state index in [0.29, 0.717) is 27.2 Å². The van der Waals surface area contributed by atoms with Gasteiger partial charge in [-0.25, -0.2) is 14.1 Å². The Morgan fingerprint density at radius 2 is 1.75 bits per heavy atom.